The molecule has 0 aliphatic heterocycles. The maximum atomic E-state index is 11.4. The van der Waals surface area contributed by atoms with Crippen LogP contribution in [-0.4, -0.2) is 15.6 Å². The second-order valence-electron chi connectivity index (χ2n) is 3.75. The summed E-state index contributed by atoms with van der Waals surface area (Å²) in [6, 6.07) is 2.02. The summed E-state index contributed by atoms with van der Waals surface area (Å²) in [7, 11) is 1.91. The Balaban J connectivity index is 2.29. The van der Waals surface area contributed by atoms with E-state index in [4.69, 9.17) is 0 Å². The maximum absolute atomic E-state index is 11.4. The number of Topliss-reactive ketones (excluding diaryl/α,β-unsaturated/α-hetero) is 1. The Morgan fingerprint density at radius 2 is 2.38 bits per heavy atom. The van der Waals surface area contributed by atoms with Gasteiger partial charge in [-0.05, 0) is 25.8 Å². The molecule has 0 amide bonds. The van der Waals surface area contributed by atoms with Crippen LogP contribution in [-0.2, 0) is 11.8 Å². The van der Waals surface area contributed by atoms with E-state index >= 15 is 0 Å². The summed E-state index contributed by atoms with van der Waals surface area (Å²) in [6.45, 7) is 2.01. The highest BCUT2D eigenvalue weighted by molar-refractivity contribution is 5.87. The van der Waals surface area contributed by atoms with Crippen LogP contribution in [0.5, 0.6) is 0 Å². The second-order valence-corrected chi connectivity index (χ2v) is 3.75. The summed E-state index contributed by atoms with van der Waals surface area (Å²) in [5.41, 5.74) is 2.08. The smallest absolute Gasteiger partial charge is 0.141 e. The van der Waals surface area contributed by atoms with Crippen molar-refractivity contribution in [2.24, 2.45) is 7.05 Å². The Labute approximate surface area is 77.7 Å². The molecule has 0 bridgehead atoms. The lowest BCUT2D eigenvalue weighted by atomic mass is 10.0. The van der Waals surface area contributed by atoms with Gasteiger partial charge in [0.25, 0.3) is 0 Å². The van der Waals surface area contributed by atoms with Crippen molar-refractivity contribution in [2.75, 3.05) is 0 Å². The molecule has 1 aromatic rings. The lowest BCUT2D eigenvalue weighted by molar-refractivity contribution is -0.118. The highest BCUT2D eigenvalue weighted by Crippen LogP contribution is 2.30. The Morgan fingerprint density at radius 3 is 2.85 bits per heavy atom. The van der Waals surface area contributed by atoms with Crippen molar-refractivity contribution in [3.63, 3.8) is 0 Å². The van der Waals surface area contributed by atoms with Crippen molar-refractivity contribution in [1.29, 1.82) is 0 Å². The fraction of sp³-hybridized carbons (Fsp3) is 0.600. The van der Waals surface area contributed by atoms with E-state index in [2.05, 4.69) is 5.10 Å². The SMILES string of the molecule is Cc1cc(C2CCCC2=O)nn1C. The molecular weight excluding hydrogens is 164 g/mol. The molecule has 0 radical (unpaired) electrons. The molecule has 1 saturated carbocycles. The molecule has 1 aliphatic rings. The van der Waals surface area contributed by atoms with Crippen LogP contribution in [0.15, 0.2) is 6.07 Å². The van der Waals surface area contributed by atoms with Gasteiger partial charge in [-0.25, -0.2) is 0 Å². The van der Waals surface area contributed by atoms with Crippen LogP contribution < -0.4 is 0 Å². The summed E-state index contributed by atoms with van der Waals surface area (Å²) < 4.78 is 1.83. The van der Waals surface area contributed by atoms with Crippen LogP contribution in [0.2, 0.25) is 0 Å². The fourth-order valence-electron chi connectivity index (χ4n) is 1.89. The fourth-order valence-corrected chi connectivity index (χ4v) is 1.89. The zero-order valence-electron chi connectivity index (χ0n) is 8.08. The third-order valence-electron chi connectivity index (χ3n) is 2.79. The van der Waals surface area contributed by atoms with Gasteiger partial charge >= 0.3 is 0 Å². The molecule has 0 saturated heterocycles. The lowest BCUT2D eigenvalue weighted by Gasteiger charge is -2.01. The van der Waals surface area contributed by atoms with Crippen LogP contribution in [0.25, 0.3) is 0 Å². The van der Waals surface area contributed by atoms with Crippen molar-refractivity contribution in [2.45, 2.75) is 32.1 Å². The summed E-state index contributed by atoms with van der Waals surface area (Å²) in [5, 5.41) is 4.34. The zero-order valence-corrected chi connectivity index (χ0v) is 8.08. The number of carbonyl (C=O) groups is 1. The van der Waals surface area contributed by atoms with Gasteiger partial charge in [-0.1, -0.05) is 0 Å². The first-order valence-electron chi connectivity index (χ1n) is 4.72. The minimum Gasteiger partial charge on any atom is -0.299 e. The van der Waals surface area contributed by atoms with Gasteiger partial charge < -0.3 is 0 Å². The second kappa shape index (κ2) is 2.98. The first-order chi connectivity index (χ1) is 6.18. The van der Waals surface area contributed by atoms with Gasteiger partial charge in [0.1, 0.15) is 5.78 Å². The monoisotopic (exact) mass is 178 g/mol. The van der Waals surface area contributed by atoms with Crippen LogP contribution in [0.1, 0.15) is 36.6 Å². The number of aryl methyl sites for hydroxylation is 2. The van der Waals surface area contributed by atoms with E-state index in [1.54, 1.807) is 0 Å². The lowest BCUT2D eigenvalue weighted by Crippen LogP contribution is -2.05. The van der Waals surface area contributed by atoms with E-state index in [1.807, 2.05) is 24.7 Å². The largest absolute Gasteiger partial charge is 0.299 e. The quantitative estimate of drug-likeness (QED) is 0.654. The minimum atomic E-state index is 0.0832. The average molecular weight is 178 g/mol. The van der Waals surface area contributed by atoms with Gasteiger partial charge in [0.05, 0.1) is 11.6 Å². The molecule has 0 aromatic carbocycles. The minimum absolute atomic E-state index is 0.0832. The van der Waals surface area contributed by atoms with E-state index in [0.29, 0.717) is 5.78 Å². The van der Waals surface area contributed by atoms with Crippen LogP contribution in [0, 0.1) is 6.92 Å². The van der Waals surface area contributed by atoms with E-state index < -0.39 is 0 Å². The predicted molar refractivity (Wildman–Crippen MR) is 49.5 cm³/mol. The van der Waals surface area contributed by atoms with Crippen LogP contribution in [0.4, 0.5) is 0 Å². The van der Waals surface area contributed by atoms with E-state index in [0.717, 1.165) is 30.7 Å². The molecular formula is C10H14N2O. The molecule has 1 heterocycles. The highest BCUT2D eigenvalue weighted by atomic mass is 16.1. The average Bonchev–Trinajstić information content (AvgIpc) is 2.60. The predicted octanol–water partition coefficient (Wildman–Crippen LogP) is 1.57. The summed E-state index contributed by atoms with van der Waals surface area (Å²) in [4.78, 5) is 11.4. The molecule has 1 atom stereocenters. The molecule has 3 nitrogen and oxygen atoms in total. The number of ketones is 1. The van der Waals surface area contributed by atoms with Gasteiger partial charge in [-0.15, -0.1) is 0 Å². The van der Waals surface area contributed by atoms with Gasteiger partial charge in [-0.3, -0.25) is 9.48 Å². The van der Waals surface area contributed by atoms with Crippen LogP contribution in [0.3, 0.4) is 0 Å². The molecule has 1 aliphatic carbocycles. The molecule has 2 rings (SSSR count). The highest BCUT2D eigenvalue weighted by Gasteiger charge is 2.27. The molecule has 1 unspecified atom stereocenters. The standard InChI is InChI=1S/C10H14N2O/c1-7-6-9(11-12(7)2)8-4-3-5-10(8)13/h6,8H,3-5H2,1-2H3. The van der Waals surface area contributed by atoms with E-state index in [1.165, 1.54) is 0 Å². The van der Waals surface area contributed by atoms with Crippen LogP contribution >= 0.6 is 0 Å². The van der Waals surface area contributed by atoms with Gasteiger partial charge in [0.15, 0.2) is 0 Å². The van der Waals surface area contributed by atoms with Crippen molar-refractivity contribution in [3.05, 3.63) is 17.5 Å². The normalized spacial score (nSPS) is 22.6. The summed E-state index contributed by atoms with van der Waals surface area (Å²) in [6.07, 6.45) is 2.74. The Hall–Kier alpha value is -1.12. The first kappa shape index (κ1) is 8.48. The zero-order chi connectivity index (χ0) is 9.42. The molecule has 0 spiro atoms. The third kappa shape index (κ3) is 1.39. The number of hydrogen-bond donors (Lipinski definition) is 0. The number of rotatable bonds is 1. The third-order valence-corrected chi connectivity index (χ3v) is 2.79. The molecule has 1 aromatic heterocycles. The topological polar surface area (TPSA) is 34.9 Å². The van der Waals surface area contributed by atoms with Gasteiger partial charge in [0.2, 0.25) is 0 Å². The Bertz CT molecular complexity index is 321. The number of carbonyl (C=O) groups excluding carboxylic acids is 1. The Kier molecular flexibility index (Phi) is 1.94. The molecule has 3 heteroatoms. The van der Waals surface area contributed by atoms with Crippen molar-refractivity contribution >= 4 is 5.78 Å². The van der Waals surface area contributed by atoms with Crippen molar-refractivity contribution in [1.82, 2.24) is 9.78 Å². The van der Waals surface area contributed by atoms with Crippen molar-refractivity contribution < 1.29 is 4.79 Å². The molecule has 13 heavy (non-hydrogen) atoms. The first-order valence-corrected chi connectivity index (χ1v) is 4.72. The Morgan fingerprint density at radius 1 is 1.62 bits per heavy atom. The molecule has 70 valence electrons. The number of hydrogen-bond acceptors (Lipinski definition) is 2. The molecule has 0 N–H and O–H groups in total. The molecule has 1 fully saturated rings. The van der Waals surface area contributed by atoms with Gasteiger partial charge in [0, 0.05) is 19.2 Å². The van der Waals surface area contributed by atoms with Crippen molar-refractivity contribution in [3.8, 4) is 0 Å². The maximum Gasteiger partial charge on any atom is 0.141 e. The number of aromatic nitrogens is 2. The summed E-state index contributed by atoms with van der Waals surface area (Å²) in [5.74, 6) is 0.443. The number of nitrogens with zero attached hydrogens (tertiary/aromatic N) is 2. The van der Waals surface area contributed by atoms with E-state index in [9.17, 15) is 4.79 Å². The van der Waals surface area contributed by atoms with E-state index in [-0.39, 0.29) is 5.92 Å². The van der Waals surface area contributed by atoms with Gasteiger partial charge in [-0.2, -0.15) is 5.10 Å². The summed E-state index contributed by atoms with van der Waals surface area (Å²) >= 11 is 0.